The minimum atomic E-state index is -1.20. The van der Waals surface area contributed by atoms with Gasteiger partial charge in [0.1, 0.15) is 24.4 Å². The quantitative estimate of drug-likeness (QED) is 0.617. The van der Waals surface area contributed by atoms with Crippen molar-refractivity contribution in [1.29, 1.82) is 0 Å². The second-order valence-electron chi connectivity index (χ2n) is 7.02. The second kappa shape index (κ2) is 8.32. The van der Waals surface area contributed by atoms with Crippen LogP contribution in [0.25, 0.3) is 0 Å². The van der Waals surface area contributed by atoms with Gasteiger partial charge in [-0.2, -0.15) is 0 Å². The first kappa shape index (κ1) is 20.3. The van der Waals surface area contributed by atoms with Gasteiger partial charge in [0.15, 0.2) is 0 Å². The zero-order valence-corrected chi connectivity index (χ0v) is 16.4. The Morgan fingerprint density at radius 1 is 1.14 bits per heavy atom. The summed E-state index contributed by atoms with van der Waals surface area (Å²) in [4.78, 5) is 38.6. The highest BCUT2D eigenvalue weighted by atomic mass is 16.5. The summed E-state index contributed by atoms with van der Waals surface area (Å²) in [5.74, 6) is -0.305. The molecule has 1 heterocycles. The highest BCUT2D eigenvalue weighted by Gasteiger charge is 2.49. The van der Waals surface area contributed by atoms with Gasteiger partial charge in [0.05, 0.1) is 0 Å². The number of urea groups is 1. The van der Waals surface area contributed by atoms with Crippen molar-refractivity contribution in [3.8, 4) is 5.75 Å². The van der Waals surface area contributed by atoms with Gasteiger partial charge in [0.25, 0.3) is 5.91 Å². The number of rotatable bonds is 7. The maximum atomic E-state index is 12.9. The van der Waals surface area contributed by atoms with Crippen molar-refractivity contribution in [2.45, 2.75) is 19.4 Å². The lowest BCUT2D eigenvalue weighted by Gasteiger charge is -2.22. The number of hydrogen-bond donors (Lipinski definition) is 3. The number of imide groups is 1. The lowest BCUT2D eigenvalue weighted by atomic mass is 9.91. The van der Waals surface area contributed by atoms with Crippen molar-refractivity contribution in [2.75, 3.05) is 25.0 Å². The zero-order chi connectivity index (χ0) is 21.0. The van der Waals surface area contributed by atoms with Gasteiger partial charge in [-0.25, -0.2) is 4.79 Å². The first-order valence-electron chi connectivity index (χ1n) is 9.27. The van der Waals surface area contributed by atoms with Crippen LogP contribution in [0.5, 0.6) is 5.75 Å². The van der Waals surface area contributed by atoms with E-state index in [1.165, 1.54) is 0 Å². The molecule has 1 aliphatic heterocycles. The Morgan fingerprint density at radius 3 is 2.41 bits per heavy atom. The van der Waals surface area contributed by atoms with Gasteiger partial charge in [0, 0.05) is 12.2 Å². The minimum Gasteiger partial charge on any atom is -0.492 e. The molecule has 1 unspecified atom stereocenters. The molecule has 1 atom stereocenters. The molecule has 0 aliphatic carbocycles. The standard InChI is InChI=1S/C21H24N4O4/c1-14-3-5-15(6-4-14)21(2)19(27)25(20(28)24-21)13-18(26)23-16-7-9-17(10-8-16)29-12-11-22/h3-10H,11-13,22H2,1-2H3,(H,23,26)(H,24,28). The van der Waals surface area contributed by atoms with Crippen LogP contribution in [0.4, 0.5) is 10.5 Å². The van der Waals surface area contributed by atoms with Crippen LogP contribution in [0.3, 0.4) is 0 Å². The number of anilines is 1. The first-order valence-corrected chi connectivity index (χ1v) is 9.27. The molecular formula is C21H24N4O4. The molecule has 152 valence electrons. The van der Waals surface area contributed by atoms with E-state index in [0.717, 1.165) is 10.5 Å². The lowest BCUT2D eigenvalue weighted by molar-refractivity contribution is -0.133. The highest BCUT2D eigenvalue weighted by molar-refractivity contribution is 6.10. The molecule has 0 spiro atoms. The van der Waals surface area contributed by atoms with Crippen molar-refractivity contribution in [3.05, 3.63) is 59.7 Å². The fourth-order valence-corrected chi connectivity index (χ4v) is 3.08. The summed E-state index contributed by atoms with van der Waals surface area (Å²) in [6, 6.07) is 13.5. The van der Waals surface area contributed by atoms with Crippen molar-refractivity contribution < 1.29 is 19.1 Å². The average Bonchev–Trinajstić information content (AvgIpc) is 2.92. The van der Waals surface area contributed by atoms with Gasteiger partial charge in [-0.1, -0.05) is 29.8 Å². The minimum absolute atomic E-state index is 0.377. The van der Waals surface area contributed by atoms with Crippen LogP contribution in [0, 0.1) is 6.92 Å². The molecule has 0 saturated carbocycles. The summed E-state index contributed by atoms with van der Waals surface area (Å²) in [6.45, 7) is 4.01. The first-order chi connectivity index (χ1) is 13.8. The molecule has 8 nitrogen and oxygen atoms in total. The van der Waals surface area contributed by atoms with Gasteiger partial charge < -0.3 is 21.1 Å². The summed E-state index contributed by atoms with van der Waals surface area (Å²) in [7, 11) is 0. The predicted molar refractivity (Wildman–Crippen MR) is 108 cm³/mol. The molecule has 1 fully saturated rings. The van der Waals surface area contributed by atoms with Crippen LogP contribution in [-0.4, -0.2) is 42.4 Å². The van der Waals surface area contributed by atoms with E-state index < -0.39 is 23.4 Å². The molecule has 1 aliphatic rings. The Bertz CT molecular complexity index is 911. The molecule has 2 aromatic carbocycles. The van der Waals surface area contributed by atoms with Crippen LogP contribution < -0.4 is 21.1 Å². The van der Waals surface area contributed by atoms with E-state index in [1.54, 1.807) is 43.3 Å². The number of benzene rings is 2. The van der Waals surface area contributed by atoms with Crippen molar-refractivity contribution in [3.63, 3.8) is 0 Å². The molecule has 3 rings (SSSR count). The van der Waals surface area contributed by atoms with Crippen LogP contribution in [-0.2, 0) is 15.1 Å². The number of nitrogens with one attached hydrogen (secondary N) is 2. The number of aryl methyl sites for hydroxylation is 1. The Morgan fingerprint density at radius 2 is 1.79 bits per heavy atom. The number of carbonyl (C=O) groups is 3. The monoisotopic (exact) mass is 396 g/mol. The third kappa shape index (κ3) is 4.38. The molecule has 29 heavy (non-hydrogen) atoms. The third-order valence-corrected chi connectivity index (χ3v) is 4.73. The largest absolute Gasteiger partial charge is 0.492 e. The summed E-state index contributed by atoms with van der Waals surface area (Å²) in [5.41, 5.74) is 6.43. The molecule has 4 amide bonds. The number of nitrogens with two attached hydrogens (primary N) is 1. The van der Waals surface area contributed by atoms with E-state index in [0.29, 0.717) is 30.2 Å². The summed E-state index contributed by atoms with van der Waals surface area (Å²) >= 11 is 0. The fraction of sp³-hybridized carbons (Fsp3) is 0.286. The molecule has 4 N–H and O–H groups in total. The van der Waals surface area contributed by atoms with Crippen molar-refractivity contribution in [2.24, 2.45) is 5.73 Å². The molecular weight excluding hydrogens is 372 g/mol. The van der Waals surface area contributed by atoms with E-state index in [2.05, 4.69) is 10.6 Å². The third-order valence-electron chi connectivity index (χ3n) is 4.73. The normalized spacial score (nSPS) is 18.5. The summed E-state index contributed by atoms with van der Waals surface area (Å²) in [6.07, 6.45) is 0. The van der Waals surface area contributed by atoms with E-state index in [-0.39, 0.29) is 6.54 Å². The van der Waals surface area contributed by atoms with E-state index in [1.807, 2.05) is 19.1 Å². The van der Waals surface area contributed by atoms with Crippen molar-refractivity contribution >= 4 is 23.5 Å². The Labute approximate surface area is 169 Å². The number of nitrogens with zero attached hydrogens (tertiary/aromatic N) is 1. The maximum Gasteiger partial charge on any atom is 0.325 e. The van der Waals surface area contributed by atoms with E-state index in [9.17, 15) is 14.4 Å². The Balaban J connectivity index is 1.65. The highest BCUT2D eigenvalue weighted by Crippen LogP contribution is 2.29. The number of carbonyl (C=O) groups excluding carboxylic acids is 3. The lowest BCUT2D eigenvalue weighted by Crippen LogP contribution is -2.42. The van der Waals surface area contributed by atoms with Crippen molar-refractivity contribution in [1.82, 2.24) is 10.2 Å². The molecule has 2 aromatic rings. The average molecular weight is 396 g/mol. The van der Waals surface area contributed by atoms with Gasteiger partial charge in [-0.15, -0.1) is 0 Å². The fourth-order valence-electron chi connectivity index (χ4n) is 3.08. The van der Waals surface area contributed by atoms with Gasteiger partial charge in [-0.3, -0.25) is 14.5 Å². The number of ether oxygens (including phenoxy) is 1. The topological polar surface area (TPSA) is 114 Å². The molecule has 0 radical (unpaired) electrons. The Hall–Kier alpha value is -3.39. The van der Waals surface area contributed by atoms with Crippen LogP contribution >= 0.6 is 0 Å². The second-order valence-corrected chi connectivity index (χ2v) is 7.02. The smallest absolute Gasteiger partial charge is 0.325 e. The van der Waals surface area contributed by atoms with Crippen LogP contribution in [0.2, 0.25) is 0 Å². The van der Waals surface area contributed by atoms with Crippen LogP contribution in [0.15, 0.2) is 48.5 Å². The zero-order valence-electron chi connectivity index (χ0n) is 16.4. The maximum absolute atomic E-state index is 12.9. The predicted octanol–water partition coefficient (Wildman–Crippen LogP) is 1.74. The van der Waals surface area contributed by atoms with Gasteiger partial charge in [0.2, 0.25) is 5.91 Å². The molecule has 0 aromatic heterocycles. The molecule has 1 saturated heterocycles. The summed E-state index contributed by atoms with van der Waals surface area (Å²) in [5, 5.41) is 5.37. The number of hydrogen-bond acceptors (Lipinski definition) is 5. The molecule has 8 heteroatoms. The van der Waals surface area contributed by atoms with E-state index in [4.69, 9.17) is 10.5 Å². The van der Waals surface area contributed by atoms with Gasteiger partial charge >= 0.3 is 6.03 Å². The van der Waals surface area contributed by atoms with Crippen LogP contribution in [0.1, 0.15) is 18.1 Å². The number of amides is 4. The molecule has 0 bridgehead atoms. The summed E-state index contributed by atoms with van der Waals surface area (Å²) < 4.78 is 5.38. The van der Waals surface area contributed by atoms with E-state index >= 15 is 0 Å². The van der Waals surface area contributed by atoms with Gasteiger partial charge in [-0.05, 0) is 43.7 Å². The Kier molecular flexibility index (Phi) is 5.84. The SMILES string of the molecule is Cc1ccc(C2(C)NC(=O)N(CC(=O)Nc3ccc(OCCN)cc3)C2=O)cc1.